The zero-order valence-corrected chi connectivity index (χ0v) is 7.92. The van der Waals surface area contributed by atoms with Crippen LogP contribution in [0, 0.1) is 5.92 Å². The summed E-state index contributed by atoms with van der Waals surface area (Å²) in [6, 6.07) is 0.213. The Labute approximate surface area is 74.0 Å². The van der Waals surface area contributed by atoms with E-state index >= 15 is 0 Å². The third-order valence-electron chi connectivity index (χ3n) is 1.93. The van der Waals surface area contributed by atoms with Crippen LogP contribution in [0.15, 0.2) is 4.99 Å². The molecule has 1 fully saturated rings. The van der Waals surface area contributed by atoms with Gasteiger partial charge in [-0.25, -0.2) is 0 Å². The second-order valence-electron chi connectivity index (χ2n) is 3.34. The van der Waals surface area contributed by atoms with E-state index in [-0.39, 0.29) is 6.04 Å². The maximum absolute atomic E-state index is 5.75. The van der Waals surface area contributed by atoms with Gasteiger partial charge in [0.05, 0.1) is 18.5 Å². The van der Waals surface area contributed by atoms with Crippen LogP contribution in [0.25, 0.3) is 0 Å². The predicted octanol–water partition coefficient (Wildman–Crippen LogP) is 1.18. The molecule has 2 N–H and O–H groups in total. The Bertz CT molecular complexity index is 164. The molecule has 0 saturated heterocycles. The Morgan fingerprint density at radius 2 is 2.33 bits per heavy atom. The van der Waals surface area contributed by atoms with Crippen molar-refractivity contribution >= 4 is 5.84 Å². The van der Waals surface area contributed by atoms with Crippen LogP contribution >= 0.6 is 0 Å². The van der Waals surface area contributed by atoms with E-state index in [1.54, 1.807) is 0 Å². The van der Waals surface area contributed by atoms with Crippen molar-refractivity contribution in [1.82, 2.24) is 0 Å². The molecule has 0 aromatic rings. The van der Waals surface area contributed by atoms with E-state index in [4.69, 9.17) is 10.5 Å². The highest BCUT2D eigenvalue weighted by molar-refractivity contribution is 5.85. The number of ether oxygens (including phenoxy) is 1. The summed E-state index contributed by atoms with van der Waals surface area (Å²) in [4.78, 5) is 4.35. The fraction of sp³-hybridized carbons (Fsp3) is 0.889. The Morgan fingerprint density at radius 3 is 2.83 bits per heavy atom. The molecule has 0 aliphatic heterocycles. The second-order valence-corrected chi connectivity index (χ2v) is 3.34. The third-order valence-corrected chi connectivity index (χ3v) is 1.93. The van der Waals surface area contributed by atoms with Crippen molar-refractivity contribution < 1.29 is 4.74 Å². The van der Waals surface area contributed by atoms with Gasteiger partial charge in [-0.3, -0.25) is 4.99 Å². The van der Waals surface area contributed by atoms with Crippen LogP contribution in [0.4, 0.5) is 0 Å². The van der Waals surface area contributed by atoms with Gasteiger partial charge in [-0.1, -0.05) is 0 Å². The lowest BCUT2D eigenvalue weighted by Gasteiger charge is -2.07. The lowest BCUT2D eigenvalue weighted by atomic mass is 10.3. The monoisotopic (exact) mass is 170 g/mol. The van der Waals surface area contributed by atoms with Crippen molar-refractivity contribution in [3.05, 3.63) is 0 Å². The number of hydrogen-bond acceptors (Lipinski definition) is 2. The van der Waals surface area contributed by atoms with Crippen LogP contribution in [0.1, 0.15) is 26.7 Å². The minimum Gasteiger partial charge on any atom is -0.387 e. The minimum absolute atomic E-state index is 0.213. The van der Waals surface area contributed by atoms with Crippen molar-refractivity contribution in [2.45, 2.75) is 32.7 Å². The third kappa shape index (κ3) is 3.22. The standard InChI is InChI=1S/C9H18N2O/c1-3-12-6-7(2)11-9(10)8-4-5-8/h7-8H,3-6H2,1-2H3,(H2,10,11). The average Bonchev–Trinajstić information content (AvgIpc) is 2.82. The highest BCUT2D eigenvalue weighted by Gasteiger charge is 2.25. The van der Waals surface area contributed by atoms with Gasteiger partial charge in [-0.05, 0) is 26.7 Å². The van der Waals surface area contributed by atoms with E-state index in [9.17, 15) is 0 Å². The molecule has 1 saturated carbocycles. The molecule has 0 bridgehead atoms. The Balaban J connectivity index is 2.22. The summed E-state index contributed by atoms with van der Waals surface area (Å²) >= 11 is 0. The lowest BCUT2D eigenvalue weighted by molar-refractivity contribution is 0.137. The molecule has 0 amide bonds. The topological polar surface area (TPSA) is 47.6 Å². The van der Waals surface area contributed by atoms with Crippen LogP contribution in [-0.4, -0.2) is 25.1 Å². The van der Waals surface area contributed by atoms with Gasteiger partial charge < -0.3 is 10.5 Å². The smallest absolute Gasteiger partial charge is 0.0972 e. The summed E-state index contributed by atoms with van der Waals surface area (Å²) in [6.45, 7) is 5.46. The molecule has 0 radical (unpaired) electrons. The molecule has 1 aliphatic carbocycles. The van der Waals surface area contributed by atoms with Crippen LogP contribution in [0.3, 0.4) is 0 Å². The van der Waals surface area contributed by atoms with Gasteiger partial charge in [0.25, 0.3) is 0 Å². The fourth-order valence-corrected chi connectivity index (χ4v) is 1.06. The molecule has 1 atom stereocenters. The van der Waals surface area contributed by atoms with Gasteiger partial charge in [0.15, 0.2) is 0 Å². The van der Waals surface area contributed by atoms with E-state index < -0.39 is 0 Å². The van der Waals surface area contributed by atoms with Gasteiger partial charge in [-0.15, -0.1) is 0 Å². The van der Waals surface area contributed by atoms with Crippen molar-refractivity contribution in [2.75, 3.05) is 13.2 Å². The molecule has 1 unspecified atom stereocenters. The molecule has 0 spiro atoms. The van der Waals surface area contributed by atoms with Crippen LogP contribution < -0.4 is 5.73 Å². The van der Waals surface area contributed by atoms with Crippen molar-refractivity contribution in [3.63, 3.8) is 0 Å². The van der Waals surface area contributed by atoms with Gasteiger partial charge in [-0.2, -0.15) is 0 Å². The summed E-state index contributed by atoms with van der Waals surface area (Å²) in [6.07, 6.45) is 2.44. The van der Waals surface area contributed by atoms with E-state index in [0.29, 0.717) is 12.5 Å². The molecule has 3 nitrogen and oxygen atoms in total. The highest BCUT2D eigenvalue weighted by atomic mass is 16.5. The predicted molar refractivity (Wildman–Crippen MR) is 50.3 cm³/mol. The second kappa shape index (κ2) is 4.45. The molecule has 0 heterocycles. The molecule has 3 heteroatoms. The van der Waals surface area contributed by atoms with Crippen molar-refractivity contribution in [3.8, 4) is 0 Å². The molecular formula is C9H18N2O. The number of rotatable bonds is 5. The number of nitrogens with zero attached hydrogens (tertiary/aromatic N) is 1. The zero-order valence-electron chi connectivity index (χ0n) is 7.92. The number of hydrogen-bond donors (Lipinski definition) is 1. The maximum atomic E-state index is 5.75. The van der Waals surface area contributed by atoms with E-state index in [0.717, 1.165) is 12.4 Å². The summed E-state index contributed by atoms with van der Waals surface area (Å²) in [5.41, 5.74) is 5.75. The normalized spacial score (nSPS) is 21.0. The summed E-state index contributed by atoms with van der Waals surface area (Å²) < 4.78 is 5.23. The molecule has 0 aromatic heterocycles. The molecular weight excluding hydrogens is 152 g/mol. The average molecular weight is 170 g/mol. The van der Waals surface area contributed by atoms with E-state index in [2.05, 4.69) is 4.99 Å². The Hall–Kier alpha value is -0.570. The number of amidine groups is 1. The highest BCUT2D eigenvalue weighted by Crippen LogP contribution is 2.28. The SMILES string of the molecule is CCOCC(C)N=C(N)C1CC1. The number of nitrogens with two attached hydrogens (primary N) is 1. The number of aliphatic imine (C=N–C) groups is 1. The summed E-state index contributed by atoms with van der Waals surface area (Å²) in [5.74, 6) is 1.40. The van der Waals surface area contributed by atoms with Crippen LogP contribution in [-0.2, 0) is 4.74 Å². The Kier molecular flexibility index (Phi) is 3.53. The first-order chi connectivity index (χ1) is 5.74. The Morgan fingerprint density at radius 1 is 1.67 bits per heavy atom. The van der Waals surface area contributed by atoms with Crippen LogP contribution in [0.5, 0.6) is 0 Å². The largest absolute Gasteiger partial charge is 0.387 e. The zero-order chi connectivity index (χ0) is 8.97. The first-order valence-electron chi connectivity index (χ1n) is 4.65. The molecule has 0 aromatic carbocycles. The fourth-order valence-electron chi connectivity index (χ4n) is 1.06. The summed E-state index contributed by atoms with van der Waals surface area (Å²) in [7, 11) is 0. The van der Waals surface area contributed by atoms with E-state index in [1.165, 1.54) is 12.8 Å². The minimum atomic E-state index is 0.213. The molecule has 70 valence electrons. The van der Waals surface area contributed by atoms with Crippen molar-refractivity contribution in [1.29, 1.82) is 0 Å². The van der Waals surface area contributed by atoms with Crippen molar-refractivity contribution in [2.24, 2.45) is 16.6 Å². The molecule has 12 heavy (non-hydrogen) atoms. The van der Waals surface area contributed by atoms with Gasteiger partial charge in [0.2, 0.25) is 0 Å². The lowest BCUT2D eigenvalue weighted by Crippen LogP contribution is -2.19. The van der Waals surface area contributed by atoms with E-state index in [1.807, 2.05) is 13.8 Å². The van der Waals surface area contributed by atoms with Crippen LogP contribution in [0.2, 0.25) is 0 Å². The molecule has 1 aliphatic rings. The first kappa shape index (κ1) is 9.52. The van der Waals surface area contributed by atoms with Gasteiger partial charge in [0.1, 0.15) is 0 Å². The maximum Gasteiger partial charge on any atom is 0.0972 e. The molecule has 1 rings (SSSR count). The first-order valence-corrected chi connectivity index (χ1v) is 4.65. The summed E-state index contributed by atoms with van der Waals surface area (Å²) in [5, 5.41) is 0. The quantitative estimate of drug-likeness (QED) is 0.497. The van der Waals surface area contributed by atoms with Gasteiger partial charge >= 0.3 is 0 Å². The van der Waals surface area contributed by atoms with Gasteiger partial charge in [0, 0.05) is 12.5 Å².